The van der Waals surface area contributed by atoms with Gasteiger partial charge in [-0.15, -0.1) is 5.54 Å². The zero-order valence-corrected chi connectivity index (χ0v) is 19.7. The molecule has 1 unspecified atom stereocenters. The number of halogens is 1. The van der Waals surface area contributed by atoms with Crippen molar-refractivity contribution in [1.82, 2.24) is 5.32 Å². The van der Waals surface area contributed by atoms with Gasteiger partial charge in [-0.05, 0) is 39.0 Å². The van der Waals surface area contributed by atoms with E-state index in [0.29, 0.717) is 5.56 Å². The molecule has 1 heterocycles. The summed E-state index contributed by atoms with van der Waals surface area (Å²) in [7, 11) is -3.14. The van der Waals surface area contributed by atoms with E-state index in [1.807, 2.05) is 0 Å². The van der Waals surface area contributed by atoms with Gasteiger partial charge in [-0.1, -0.05) is 25.6 Å². The number of hydrogen-bond acceptors (Lipinski definition) is 4. The van der Waals surface area contributed by atoms with Gasteiger partial charge < -0.3 is 5.11 Å². The van der Waals surface area contributed by atoms with Crippen molar-refractivity contribution < 1.29 is 18.5 Å². The summed E-state index contributed by atoms with van der Waals surface area (Å²) in [6.45, 7) is 11.2. The molecule has 0 bridgehead atoms. The van der Waals surface area contributed by atoms with Crippen LogP contribution in [0.4, 0.5) is 9.18 Å². The first-order valence-corrected chi connectivity index (χ1v) is 14.4. The largest absolute Gasteiger partial charge is 0.465 e. The van der Waals surface area contributed by atoms with Gasteiger partial charge in [0.2, 0.25) is 0 Å². The summed E-state index contributed by atoms with van der Waals surface area (Å²) in [5.74, 6) is 2.56. The van der Waals surface area contributed by atoms with Crippen molar-refractivity contribution in [2.45, 2.75) is 50.7 Å². The van der Waals surface area contributed by atoms with Crippen molar-refractivity contribution in [2.24, 2.45) is 9.36 Å². The Labute approximate surface area is 173 Å². The summed E-state index contributed by atoms with van der Waals surface area (Å²) in [6, 6.07) is 4.53. The van der Waals surface area contributed by atoms with Gasteiger partial charge in [0.15, 0.2) is 0 Å². The van der Waals surface area contributed by atoms with Crippen LogP contribution in [0.5, 0.6) is 0 Å². The lowest BCUT2D eigenvalue weighted by atomic mass is 9.92. The lowest BCUT2D eigenvalue weighted by molar-refractivity contribution is 0.199. The van der Waals surface area contributed by atoms with E-state index in [1.165, 1.54) is 13.1 Å². The molecule has 0 saturated heterocycles. The van der Waals surface area contributed by atoms with Gasteiger partial charge in [-0.3, -0.25) is 10.3 Å². The Morgan fingerprint density at radius 2 is 1.97 bits per heavy atom. The number of aliphatic imine (C=N–C) groups is 1. The molecule has 1 aromatic carbocycles. The Morgan fingerprint density at radius 3 is 2.48 bits per heavy atom. The Balaban J connectivity index is 2.73. The van der Waals surface area contributed by atoms with E-state index in [0.717, 1.165) is 0 Å². The van der Waals surface area contributed by atoms with E-state index in [-0.39, 0.29) is 17.2 Å². The van der Waals surface area contributed by atoms with Gasteiger partial charge in [0.25, 0.3) is 0 Å². The van der Waals surface area contributed by atoms with Crippen molar-refractivity contribution in [3.05, 3.63) is 35.1 Å². The van der Waals surface area contributed by atoms with Gasteiger partial charge in [-0.2, -0.15) is 0 Å². The van der Waals surface area contributed by atoms with Crippen molar-refractivity contribution >= 4 is 29.7 Å². The van der Waals surface area contributed by atoms with Gasteiger partial charge in [-0.25, -0.2) is 17.8 Å². The minimum absolute atomic E-state index is 0.00679. The summed E-state index contributed by atoms with van der Waals surface area (Å²) in [5.41, 5.74) is 2.84. The van der Waals surface area contributed by atoms with Crippen LogP contribution in [0.2, 0.25) is 19.6 Å². The molecule has 29 heavy (non-hydrogen) atoms. The molecule has 2 rings (SSSR count). The highest BCUT2D eigenvalue weighted by Crippen LogP contribution is 2.39. The number of carboxylic acid groups (broad SMARTS) is 1. The van der Waals surface area contributed by atoms with Crippen molar-refractivity contribution in [1.29, 1.82) is 0 Å². The Morgan fingerprint density at radius 1 is 1.34 bits per heavy atom. The Bertz CT molecular complexity index is 1060. The molecule has 1 aliphatic heterocycles. The van der Waals surface area contributed by atoms with Crippen LogP contribution in [0.1, 0.15) is 31.9 Å². The first-order valence-electron chi connectivity index (χ1n) is 9.19. The minimum Gasteiger partial charge on any atom is -0.465 e. The minimum atomic E-state index is -2.95. The number of nitrogens with zero attached hydrogens (tertiary/aromatic N) is 2. The fourth-order valence-corrected chi connectivity index (χ4v) is 5.96. The second kappa shape index (κ2) is 7.57. The average Bonchev–Trinajstić information content (AvgIpc) is 2.58. The second-order valence-electron chi connectivity index (χ2n) is 8.84. The smallest absolute Gasteiger partial charge is 0.410 e. The average molecular weight is 438 g/mol. The highest BCUT2D eigenvalue weighted by atomic mass is 32.2. The number of rotatable bonds is 1. The molecule has 158 valence electrons. The summed E-state index contributed by atoms with van der Waals surface area (Å²) in [5, 5.41) is 11.5. The molecule has 0 saturated carbocycles. The first kappa shape index (κ1) is 23.1. The van der Waals surface area contributed by atoms with Crippen LogP contribution in [0.25, 0.3) is 0 Å². The second-order valence-corrected chi connectivity index (χ2v) is 16.5. The van der Waals surface area contributed by atoms with Gasteiger partial charge >= 0.3 is 6.09 Å². The molecule has 1 aromatic rings. The molecular formula is C20H28FN3O3SSi. The quantitative estimate of drug-likeness (QED) is 0.517. The fraction of sp³-hybridized carbons (Fsp3) is 0.500. The normalized spacial score (nSPS) is 26.0. The van der Waals surface area contributed by atoms with Crippen molar-refractivity contribution in [3.63, 3.8) is 0 Å². The van der Waals surface area contributed by atoms with Crippen LogP contribution in [-0.4, -0.2) is 46.9 Å². The van der Waals surface area contributed by atoms with Crippen molar-refractivity contribution in [2.75, 3.05) is 12.8 Å². The zero-order valence-electron chi connectivity index (χ0n) is 17.9. The molecule has 0 radical (unpaired) electrons. The highest BCUT2D eigenvalue weighted by Gasteiger charge is 2.49. The van der Waals surface area contributed by atoms with Crippen LogP contribution < -0.4 is 5.32 Å². The van der Waals surface area contributed by atoms with E-state index in [9.17, 15) is 18.5 Å². The fourth-order valence-electron chi connectivity index (χ4n) is 3.11. The Kier molecular flexibility index (Phi) is 6.03. The molecule has 2 atom stereocenters. The molecule has 0 aliphatic carbocycles. The highest BCUT2D eigenvalue weighted by molar-refractivity contribution is 7.95. The molecule has 0 spiro atoms. The third-order valence-electron chi connectivity index (χ3n) is 4.85. The maximum atomic E-state index is 14.8. The standard InChI is InChI=1S/C20H28FN3O3SSi/c1-19(2)17(23-18(25)26)24-20(3,13-28(19,27)22-4)15-12-14(8-9-16(15)21)10-11-29(5,6)7/h8-9,12H,13H2,1-7H3,(H,23,24)(H,25,26)/t20-,28?/m0/s1. The predicted molar refractivity (Wildman–Crippen MR) is 118 cm³/mol. The lowest BCUT2D eigenvalue weighted by Gasteiger charge is -2.41. The lowest BCUT2D eigenvalue weighted by Crippen LogP contribution is -2.57. The van der Waals surface area contributed by atoms with Crippen LogP contribution >= 0.6 is 0 Å². The summed E-state index contributed by atoms with van der Waals surface area (Å²) in [6.07, 6.45) is -1.32. The molecule has 2 N–H and O–H groups in total. The molecule has 9 heteroatoms. The third-order valence-corrected chi connectivity index (χ3v) is 9.06. The SMILES string of the molecule is CN=S1(=O)C[C@@](C)(c2cc(C#C[Si](C)(C)C)ccc2F)N=C(NC(=O)O)C1(C)C. The number of amides is 1. The maximum Gasteiger partial charge on any atom is 0.410 e. The number of nitrogens with one attached hydrogen (secondary N) is 1. The number of amidine groups is 1. The van der Waals surface area contributed by atoms with Crippen LogP contribution in [0, 0.1) is 17.3 Å². The van der Waals surface area contributed by atoms with Crippen LogP contribution in [0.15, 0.2) is 27.6 Å². The summed E-state index contributed by atoms with van der Waals surface area (Å²) >= 11 is 0. The summed E-state index contributed by atoms with van der Waals surface area (Å²) < 4.78 is 31.4. The Hall–Kier alpha value is -2.18. The molecular weight excluding hydrogens is 409 g/mol. The van der Waals surface area contributed by atoms with E-state index in [2.05, 4.69) is 45.8 Å². The van der Waals surface area contributed by atoms with E-state index >= 15 is 0 Å². The van der Waals surface area contributed by atoms with E-state index < -0.39 is 40.0 Å². The number of hydrogen-bond donors (Lipinski definition) is 2. The van der Waals surface area contributed by atoms with Crippen molar-refractivity contribution in [3.8, 4) is 11.5 Å². The monoisotopic (exact) mass is 437 g/mol. The van der Waals surface area contributed by atoms with Gasteiger partial charge in [0.1, 0.15) is 30.0 Å². The first-order chi connectivity index (χ1) is 13.1. The third kappa shape index (κ3) is 4.70. The molecule has 1 amide bonds. The van der Waals surface area contributed by atoms with E-state index in [4.69, 9.17) is 0 Å². The van der Waals surface area contributed by atoms with Gasteiger partial charge in [0.05, 0.1) is 15.5 Å². The van der Waals surface area contributed by atoms with Crippen LogP contribution in [-0.2, 0) is 15.3 Å². The van der Waals surface area contributed by atoms with E-state index in [1.54, 1.807) is 32.9 Å². The topological polar surface area (TPSA) is 91.1 Å². The number of benzene rings is 1. The van der Waals surface area contributed by atoms with Crippen LogP contribution in [0.3, 0.4) is 0 Å². The number of carbonyl (C=O) groups is 1. The molecule has 6 nitrogen and oxygen atoms in total. The molecule has 1 aliphatic rings. The zero-order chi connectivity index (χ0) is 22.3. The summed E-state index contributed by atoms with van der Waals surface area (Å²) in [4.78, 5) is 15.8. The predicted octanol–water partition coefficient (Wildman–Crippen LogP) is 3.83. The maximum absolute atomic E-state index is 14.8. The molecule has 0 fully saturated rings. The molecule has 0 aromatic heterocycles. The van der Waals surface area contributed by atoms with Gasteiger partial charge in [0, 0.05) is 18.2 Å².